The van der Waals surface area contributed by atoms with Gasteiger partial charge in [-0.15, -0.1) is 0 Å². The van der Waals surface area contributed by atoms with Gasteiger partial charge in [-0.2, -0.15) is 0 Å². The second-order valence-corrected chi connectivity index (χ2v) is 4.96. The lowest BCUT2D eigenvalue weighted by atomic mass is 10.3. The standard InChI is InChI=1S/C12H11NO3S/c14-17(15,12-9-5-2-6-10-12)13-16-11-7-3-1-4-8-11/h1-10,13H. The van der Waals surface area contributed by atoms with Crippen molar-refractivity contribution in [1.29, 1.82) is 0 Å². The van der Waals surface area contributed by atoms with Crippen molar-refractivity contribution in [3.05, 3.63) is 60.7 Å². The van der Waals surface area contributed by atoms with Crippen molar-refractivity contribution in [2.75, 3.05) is 0 Å². The summed E-state index contributed by atoms with van der Waals surface area (Å²) >= 11 is 0. The van der Waals surface area contributed by atoms with Crippen LogP contribution in [-0.4, -0.2) is 8.42 Å². The predicted octanol–water partition coefficient (Wildman–Crippen LogP) is 1.96. The molecule has 0 amide bonds. The molecule has 0 bridgehead atoms. The van der Waals surface area contributed by atoms with Gasteiger partial charge < -0.3 is 4.84 Å². The number of sulfonamides is 1. The van der Waals surface area contributed by atoms with Crippen LogP contribution in [-0.2, 0) is 10.0 Å². The first-order chi connectivity index (χ1) is 8.18. The summed E-state index contributed by atoms with van der Waals surface area (Å²) in [7, 11) is -3.63. The lowest BCUT2D eigenvalue weighted by Crippen LogP contribution is -2.27. The fourth-order valence-electron chi connectivity index (χ4n) is 1.24. The third kappa shape index (κ3) is 3.05. The summed E-state index contributed by atoms with van der Waals surface area (Å²) in [5, 5.41) is 0. The van der Waals surface area contributed by atoms with Crippen molar-refractivity contribution in [1.82, 2.24) is 4.89 Å². The van der Waals surface area contributed by atoms with Gasteiger partial charge in [-0.1, -0.05) is 36.4 Å². The Morgan fingerprint density at radius 1 is 0.824 bits per heavy atom. The van der Waals surface area contributed by atoms with Gasteiger partial charge in [0.15, 0.2) is 0 Å². The molecule has 0 atom stereocenters. The summed E-state index contributed by atoms with van der Waals surface area (Å²) in [5.41, 5.74) is 0. The van der Waals surface area contributed by atoms with Gasteiger partial charge in [-0.3, -0.25) is 0 Å². The molecule has 4 nitrogen and oxygen atoms in total. The zero-order chi connectivity index (χ0) is 12.1. The first kappa shape index (κ1) is 11.6. The zero-order valence-corrected chi connectivity index (χ0v) is 9.72. The molecule has 0 radical (unpaired) electrons. The van der Waals surface area contributed by atoms with Gasteiger partial charge in [0, 0.05) is 0 Å². The molecule has 0 saturated carbocycles. The third-order valence-electron chi connectivity index (χ3n) is 2.07. The molecule has 0 aliphatic heterocycles. The van der Waals surface area contributed by atoms with Gasteiger partial charge in [0.25, 0.3) is 10.0 Å². The number of para-hydroxylation sites is 1. The van der Waals surface area contributed by atoms with E-state index in [1.54, 1.807) is 42.5 Å². The molecule has 2 aromatic rings. The normalized spacial score (nSPS) is 11.1. The van der Waals surface area contributed by atoms with Crippen LogP contribution in [0.3, 0.4) is 0 Å². The Kier molecular flexibility index (Phi) is 3.41. The maximum absolute atomic E-state index is 11.8. The average molecular weight is 249 g/mol. The highest BCUT2D eigenvalue weighted by molar-refractivity contribution is 7.89. The second kappa shape index (κ2) is 4.99. The molecule has 0 aliphatic rings. The first-order valence-corrected chi connectivity index (χ1v) is 6.45. The fourth-order valence-corrected chi connectivity index (χ4v) is 2.06. The molecule has 2 rings (SSSR count). The maximum Gasteiger partial charge on any atom is 0.271 e. The Morgan fingerprint density at radius 2 is 1.35 bits per heavy atom. The van der Waals surface area contributed by atoms with Crippen LogP contribution in [0.2, 0.25) is 0 Å². The van der Waals surface area contributed by atoms with Crippen molar-refractivity contribution in [3.8, 4) is 5.75 Å². The van der Waals surface area contributed by atoms with Gasteiger partial charge in [0.1, 0.15) is 5.75 Å². The molecule has 0 aliphatic carbocycles. The Hall–Kier alpha value is -1.85. The van der Waals surface area contributed by atoms with Gasteiger partial charge in [0.2, 0.25) is 0 Å². The number of nitrogens with one attached hydrogen (secondary N) is 1. The van der Waals surface area contributed by atoms with E-state index in [0.717, 1.165) is 0 Å². The second-order valence-electron chi connectivity index (χ2n) is 3.31. The van der Waals surface area contributed by atoms with Crippen molar-refractivity contribution in [3.63, 3.8) is 0 Å². The molecule has 2 aromatic carbocycles. The van der Waals surface area contributed by atoms with E-state index in [1.807, 2.05) is 6.07 Å². The van der Waals surface area contributed by atoms with E-state index in [4.69, 9.17) is 4.84 Å². The Bertz CT molecular complexity index is 567. The summed E-state index contributed by atoms with van der Waals surface area (Å²) < 4.78 is 23.5. The largest absolute Gasteiger partial charge is 0.394 e. The molecule has 0 fully saturated rings. The quantitative estimate of drug-likeness (QED) is 0.843. The van der Waals surface area contributed by atoms with E-state index in [0.29, 0.717) is 5.75 Å². The average Bonchev–Trinajstić information content (AvgIpc) is 2.39. The van der Waals surface area contributed by atoms with Crippen molar-refractivity contribution < 1.29 is 13.3 Å². The molecular formula is C12H11NO3S. The van der Waals surface area contributed by atoms with Gasteiger partial charge >= 0.3 is 0 Å². The summed E-state index contributed by atoms with van der Waals surface area (Å²) in [6, 6.07) is 16.7. The molecule has 0 unspecified atom stereocenters. The first-order valence-electron chi connectivity index (χ1n) is 4.97. The molecule has 0 spiro atoms. The lowest BCUT2D eigenvalue weighted by Gasteiger charge is -2.07. The highest BCUT2D eigenvalue weighted by Gasteiger charge is 2.13. The van der Waals surface area contributed by atoms with Crippen LogP contribution in [0.5, 0.6) is 5.75 Å². The van der Waals surface area contributed by atoms with Crippen LogP contribution >= 0.6 is 0 Å². The van der Waals surface area contributed by atoms with Crippen LogP contribution in [0.4, 0.5) is 0 Å². The SMILES string of the molecule is O=S(=O)(NOc1ccccc1)c1ccccc1. The van der Waals surface area contributed by atoms with Crippen LogP contribution in [0.1, 0.15) is 0 Å². The third-order valence-corrected chi connectivity index (χ3v) is 3.26. The number of hydrogen-bond donors (Lipinski definition) is 1. The number of rotatable bonds is 4. The zero-order valence-electron chi connectivity index (χ0n) is 8.91. The van der Waals surface area contributed by atoms with Crippen LogP contribution < -0.4 is 9.72 Å². The molecule has 17 heavy (non-hydrogen) atoms. The smallest absolute Gasteiger partial charge is 0.271 e. The summed E-state index contributed by atoms with van der Waals surface area (Å²) in [4.78, 5) is 7.21. The van der Waals surface area contributed by atoms with E-state index >= 15 is 0 Å². The van der Waals surface area contributed by atoms with E-state index in [2.05, 4.69) is 4.89 Å². The van der Waals surface area contributed by atoms with Crippen LogP contribution in [0.15, 0.2) is 65.6 Å². The molecule has 5 heteroatoms. The molecule has 0 aromatic heterocycles. The van der Waals surface area contributed by atoms with Gasteiger partial charge in [-0.05, 0) is 29.2 Å². The van der Waals surface area contributed by atoms with E-state index < -0.39 is 10.0 Å². The summed E-state index contributed by atoms with van der Waals surface area (Å²) in [5.74, 6) is 0.437. The summed E-state index contributed by atoms with van der Waals surface area (Å²) in [6.45, 7) is 0. The lowest BCUT2D eigenvalue weighted by molar-refractivity contribution is 0.269. The minimum atomic E-state index is -3.63. The fraction of sp³-hybridized carbons (Fsp3) is 0. The molecule has 0 heterocycles. The predicted molar refractivity (Wildman–Crippen MR) is 63.8 cm³/mol. The van der Waals surface area contributed by atoms with E-state index in [-0.39, 0.29) is 4.90 Å². The van der Waals surface area contributed by atoms with Crippen molar-refractivity contribution in [2.45, 2.75) is 4.90 Å². The molecular weight excluding hydrogens is 238 g/mol. The van der Waals surface area contributed by atoms with E-state index in [1.165, 1.54) is 12.1 Å². The van der Waals surface area contributed by atoms with Crippen molar-refractivity contribution >= 4 is 10.0 Å². The van der Waals surface area contributed by atoms with Crippen LogP contribution in [0.25, 0.3) is 0 Å². The topological polar surface area (TPSA) is 55.4 Å². The van der Waals surface area contributed by atoms with Gasteiger partial charge in [0.05, 0.1) is 4.90 Å². The number of hydrogen-bond acceptors (Lipinski definition) is 3. The Balaban J connectivity index is 2.09. The van der Waals surface area contributed by atoms with E-state index in [9.17, 15) is 8.42 Å². The highest BCUT2D eigenvalue weighted by Crippen LogP contribution is 2.10. The molecule has 88 valence electrons. The monoisotopic (exact) mass is 249 g/mol. The highest BCUT2D eigenvalue weighted by atomic mass is 32.2. The Labute approximate surface area is 99.9 Å². The van der Waals surface area contributed by atoms with Crippen LogP contribution in [0, 0.1) is 0 Å². The molecule has 0 saturated heterocycles. The minimum absolute atomic E-state index is 0.163. The minimum Gasteiger partial charge on any atom is -0.394 e. The summed E-state index contributed by atoms with van der Waals surface area (Å²) in [6.07, 6.45) is 0. The molecule has 1 N–H and O–H groups in total. The van der Waals surface area contributed by atoms with Gasteiger partial charge in [-0.25, -0.2) is 8.42 Å². The maximum atomic E-state index is 11.8. The number of benzene rings is 2. The van der Waals surface area contributed by atoms with Crippen molar-refractivity contribution in [2.24, 2.45) is 0 Å². The Morgan fingerprint density at radius 3 is 1.94 bits per heavy atom.